The van der Waals surface area contributed by atoms with Crippen molar-refractivity contribution < 1.29 is 13.9 Å². The highest BCUT2D eigenvalue weighted by Crippen LogP contribution is 2.27. The monoisotopic (exact) mass is 270 g/mol. The Morgan fingerprint density at radius 1 is 1.35 bits per heavy atom. The summed E-state index contributed by atoms with van der Waals surface area (Å²) in [6.07, 6.45) is 0. The first kappa shape index (κ1) is 13.7. The van der Waals surface area contributed by atoms with Crippen molar-refractivity contribution in [2.24, 2.45) is 0 Å². The molecular formula is C15H14N2O3. The van der Waals surface area contributed by atoms with E-state index in [9.17, 15) is 4.79 Å². The number of nitrogens with one attached hydrogen (secondary N) is 1. The van der Waals surface area contributed by atoms with Crippen LogP contribution < -0.4 is 10.1 Å². The van der Waals surface area contributed by atoms with Crippen LogP contribution in [0.5, 0.6) is 5.75 Å². The molecule has 0 fully saturated rings. The van der Waals surface area contributed by atoms with Gasteiger partial charge in [0.2, 0.25) is 5.88 Å². The third kappa shape index (κ3) is 2.36. The molecule has 1 N–H and O–H groups in total. The van der Waals surface area contributed by atoms with Crippen LogP contribution in [-0.2, 0) is 0 Å². The molecule has 1 aromatic carbocycles. The van der Waals surface area contributed by atoms with E-state index in [0.29, 0.717) is 22.6 Å². The van der Waals surface area contributed by atoms with Gasteiger partial charge in [-0.1, -0.05) is 12.1 Å². The zero-order chi connectivity index (χ0) is 14.7. The van der Waals surface area contributed by atoms with Crippen molar-refractivity contribution in [3.63, 3.8) is 0 Å². The molecule has 0 radical (unpaired) electrons. The maximum atomic E-state index is 12.2. The second-order valence-electron chi connectivity index (χ2n) is 4.25. The van der Waals surface area contributed by atoms with Crippen LogP contribution in [0, 0.1) is 25.2 Å². The number of anilines is 1. The van der Waals surface area contributed by atoms with Gasteiger partial charge in [0.1, 0.15) is 23.1 Å². The topological polar surface area (TPSA) is 75.3 Å². The fourth-order valence-corrected chi connectivity index (χ4v) is 1.85. The summed E-state index contributed by atoms with van der Waals surface area (Å²) < 4.78 is 10.5. The SMILES string of the molecule is COc1ccccc1C(=O)Nc1oc(C)c(C)c1C#N. The molecule has 0 saturated heterocycles. The van der Waals surface area contributed by atoms with Gasteiger partial charge in [0.25, 0.3) is 5.91 Å². The van der Waals surface area contributed by atoms with Gasteiger partial charge in [-0.15, -0.1) is 0 Å². The van der Waals surface area contributed by atoms with Gasteiger partial charge in [-0.05, 0) is 26.0 Å². The molecule has 2 rings (SSSR count). The second-order valence-corrected chi connectivity index (χ2v) is 4.25. The summed E-state index contributed by atoms with van der Waals surface area (Å²) in [7, 11) is 1.49. The van der Waals surface area contributed by atoms with Crippen LogP contribution in [0.1, 0.15) is 27.2 Å². The van der Waals surface area contributed by atoms with Gasteiger partial charge in [0.05, 0.1) is 12.7 Å². The molecule has 1 aromatic heterocycles. The Morgan fingerprint density at radius 3 is 2.70 bits per heavy atom. The number of carbonyl (C=O) groups excluding carboxylic acids is 1. The number of para-hydroxylation sites is 1. The lowest BCUT2D eigenvalue weighted by Gasteiger charge is -2.07. The Labute approximate surface area is 116 Å². The van der Waals surface area contributed by atoms with E-state index < -0.39 is 0 Å². The van der Waals surface area contributed by atoms with Crippen LogP contribution in [0.4, 0.5) is 5.88 Å². The van der Waals surface area contributed by atoms with Crippen molar-refractivity contribution in [3.8, 4) is 11.8 Å². The molecule has 2 aromatic rings. The summed E-state index contributed by atoms with van der Waals surface area (Å²) >= 11 is 0. The number of hydrogen-bond acceptors (Lipinski definition) is 4. The summed E-state index contributed by atoms with van der Waals surface area (Å²) in [5.74, 6) is 0.853. The highest BCUT2D eigenvalue weighted by atomic mass is 16.5. The van der Waals surface area contributed by atoms with Crippen molar-refractivity contribution in [3.05, 3.63) is 46.7 Å². The summed E-state index contributed by atoms with van der Waals surface area (Å²) in [5, 5.41) is 11.7. The normalized spacial score (nSPS) is 9.90. The third-order valence-corrected chi connectivity index (χ3v) is 3.08. The van der Waals surface area contributed by atoms with Gasteiger partial charge in [-0.2, -0.15) is 5.26 Å². The van der Waals surface area contributed by atoms with Crippen molar-refractivity contribution in [2.75, 3.05) is 12.4 Å². The maximum absolute atomic E-state index is 12.2. The van der Waals surface area contributed by atoms with Crippen LogP contribution >= 0.6 is 0 Å². The second kappa shape index (κ2) is 5.49. The van der Waals surface area contributed by atoms with Gasteiger partial charge < -0.3 is 9.15 Å². The minimum atomic E-state index is -0.382. The summed E-state index contributed by atoms with van der Waals surface area (Å²) in [4.78, 5) is 12.2. The predicted molar refractivity (Wildman–Crippen MR) is 73.8 cm³/mol. The molecule has 5 nitrogen and oxygen atoms in total. The lowest BCUT2D eigenvalue weighted by molar-refractivity contribution is 0.102. The first-order valence-electron chi connectivity index (χ1n) is 6.03. The number of furan rings is 1. The van der Waals surface area contributed by atoms with Crippen LogP contribution in [0.2, 0.25) is 0 Å². The zero-order valence-electron chi connectivity index (χ0n) is 11.5. The number of aryl methyl sites for hydroxylation is 1. The summed E-state index contributed by atoms with van der Waals surface area (Å²) in [6.45, 7) is 3.52. The van der Waals surface area contributed by atoms with E-state index in [2.05, 4.69) is 5.32 Å². The minimum Gasteiger partial charge on any atom is -0.496 e. The minimum absolute atomic E-state index is 0.165. The number of rotatable bonds is 3. The van der Waals surface area contributed by atoms with Crippen molar-refractivity contribution in [1.29, 1.82) is 5.26 Å². The third-order valence-electron chi connectivity index (χ3n) is 3.08. The Hall–Kier alpha value is -2.74. The fraction of sp³-hybridized carbons (Fsp3) is 0.200. The van der Waals surface area contributed by atoms with Gasteiger partial charge in [-0.3, -0.25) is 10.1 Å². The average molecular weight is 270 g/mol. The van der Waals surface area contributed by atoms with E-state index in [0.717, 1.165) is 5.56 Å². The quantitative estimate of drug-likeness (QED) is 0.930. The van der Waals surface area contributed by atoms with Crippen molar-refractivity contribution >= 4 is 11.8 Å². The van der Waals surface area contributed by atoms with E-state index >= 15 is 0 Å². The molecule has 0 aliphatic carbocycles. The molecule has 5 heteroatoms. The van der Waals surface area contributed by atoms with Crippen LogP contribution in [0.25, 0.3) is 0 Å². The molecule has 0 aliphatic heterocycles. The number of ether oxygens (including phenoxy) is 1. The number of amides is 1. The molecule has 1 amide bonds. The Morgan fingerprint density at radius 2 is 2.05 bits per heavy atom. The van der Waals surface area contributed by atoms with Crippen molar-refractivity contribution in [1.82, 2.24) is 0 Å². The first-order chi connectivity index (χ1) is 9.58. The van der Waals surface area contributed by atoms with Crippen LogP contribution in [0.3, 0.4) is 0 Å². The van der Waals surface area contributed by atoms with Gasteiger partial charge in [0.15, 0.2) is 0 Å². The number of benzene rings is 1. The molecule has 0 saturated carbocycles. The first-order valence-corrected chi connectivity index (χ1v) is 6.03. The van der Waals surface area contributed by atoms with E-state index in [-0.39, 0.29) is 11.8 Å². The lowest BCUT2D eigenvalue weighted by atomic mass is 10.1. The molecule has 0 unspecified atom stereocenters. The highest BCUT2D eigenvalue weighted by Gasteiger charge is 2.19. The molecule has 0 bridgehead atoms. The predicted octanol–water partition coefficient (Wildman–Crippen LogP) is 3.03. The maximum Gasteiger partial charge on any atom is 0.261 e. The van der Waals surface area contributed by atoms with E-state index in [1.165, 1.54) is 7.11 Å². The van der Waals surface area contributed by atoms with E-state index in [1.54, 1.807) is 38.1 Å². The largest absolute Gasteiger partial charge is 0.496 e. The lowest BCUT2D eigenvalue weighted by Crippen LogP contribution is -2.13. The summed E-state index contributed by atoms with van der Waals surface area (Å²) in [6, 6.07) is 8.88. The number of methoxy groups -OCH3 is 1. The molecular weight excluding hydrogens is 256 g/mol. The standard InChI is InChI=1S/C15H14N2O3/c1-9-10(2)20-15(12(9)8-16)17-14(18)11-6-4-5-7-13(11)19-3/h4-7H,1-3H3,(H,17,18). The van der Waals surface area contributed by atoms with Gasteiger partial charge in [0, 0.05) is 5.56 Å². The van der Waals surface area contributed by atoms with Crippen LogP contribution in [0.15, 0.2) is 28.7 Å². The molecule has 20 heavy (non-hydrogen) atoms. The average Bonchev–Trinajstić information content (AvgIpc) is 2.73. The Bertz CT molecular complexity index is 696. The van der Waals surface area contributed by atoms with Gasteiger partial charge >= 0.3 is 0 Å². The number of hydrogen-bond donors (Lipinski definition) is 1. The molecule has 102 valence electrons. The Balaban J connectivity index is 2.33. The molecule has 0 spiro atoms. The number of carbonyl (C=O) groups is 1. The fourth-order valence-electron chi connectivity index (χ4n) is 1.85. The van der Waals surface area contributed by atoms with Crippen molar-refractivity contribution in [2.45, 2.75) is 13.8 Å². The summed E-state index contributed by atoms with van der Waals surface area (Å²) in [5.41, 5.74) is 1.44. The van der Waals surface area contributed by atoms with E-state index in [4.69, 9.17) is 14.4 Å². The molecule has 0 atom stereocenters. The van der Waals surface area contributed by atoms with Crippen LogP contribution in [-0.4, -0.2) is 13.0 Å². The molecule has 1 heterocycles. The number of nitrogens with zero attached hydrogens (tertiary/aromatic N) is 1. The van der Waals surface area contributed by atoms with E-state index in [1.807, 2.05) is 6.07 Å². The Kier molecular flexibility index (Phi) is 3.76. The number of nitriles is 1. The smallest absolute Gasteiger partial charge is 0.261 e. The molecule has 0 aliphatic rings. The zero-order valence-corrected chi connectivity index (χ0v) is 11.5. The highest BCUT2D eigenvalue weighted by molar-refractivity contribution is 6.06. The van der Waals surface area contributed by atoms with Gasteiger partial charge in [-0.25, -0.2) is 0 Å².